The lowest BCUT2D eigenvalue weighted by atomic mass is 10.1. The molecule has 0 bridgehead atoms. The molecule has 0 aliphatic rings. The van der Waals surface area contributed by atoms with Crippen molar-refractivity contribution in [1.29, 1.82) is 0 Å². The molecule has 1 N–H and O–H groups in total. The molecule has 5 heteroatoms. The van der Waals surface area contributed by atoms with E-state index in [9.17, 15) is 4.39 Å². The predicted octanol–water partition coefficient (Wildman–Crippen LogP) is 4.00. The van der Waals surface area contributed by atoms with Gasteiger partial charge in [-0.25, -0.2) is 14.4 Å². The van der Waals surface area contributed by atoms with Gasteiger partial charge in [-0.2, -0.15) is 0 Å². The first kappa shape index (κ1) is 13.7. The van der Waals surface area contributed by atoms with Crippen molar-refractivity contribution in [2.24, 2.45) is 0 Å². The maximum Gasteiger partial charge on any atom is 0.138 e. The van der Waals surface area contributed by atoms with Gasteiger partial charge in [-0.15, -0.1) is 0 Å². The van der Waals surface area contributed by atoms with E-state index in [1.165, 1.54) is 12.4 Å². The van der Waals surface area contributed by atoms with Crippen LogP contribution in [0, 0.1) is 5.82 Å². The molecule has 0 aliphatic heterocycles. The molecule has 100 valence electrons. The summed E-state index contributed by atoms with van der Waals surface area (Å²) in [6.45, 7) is 4.39. The second kappa shape index (κ2) is 5.97. The average molecular weight is 280 g/mol. The Morgan fingerprint density at radius 2 is 2.00 bits per heavy atom. The van der Waals surface area contributed by atoms with Gasteiger partial charge in [-0.3, -0.25) is 0 Å². The summed E-state index contributed by atoms with van der Waals surface area (Å²) in [5.41, 5.74) is 1.44. The van der Waals surface area contributed by atoms with E-state index < -0.39 is 0 Å². The number of rotatable bonds is 4. The van der Waals surface area contributed by atoms with Crippen molar-refractivity contribution in [2.75, 3.05) is 5.32 Å². The molecule has 19 heavy (non-hydrogen) atoms. The number of nitrogens with one attached hydrogen (secondary N) is 1. The summed E-state index contributed by atoms with van der Waals surface area (Å²) in [6.07, 6.45) is 1.40. The molecule has 2 aromatic rings. The molecule has 0 radical (unpaired) electrons. The average Bonchev–Trinajstić information content (AvgIpc) is 2.37. The number of benzene rings is 1. The fourth-order valence-electron chi connectivity index (χ4n) is 1.85. The van der Waals surface area contributed by atoms with Crippen LogP contribution in [0.1, 0.15) is 30.9 Å². The van der Waals surface area contributed by atoms with Crippen LogP contribution in [0.4, 0.5) is 10.2 Å². The van der Waals surface area contributed by atoms with Crippen molar-refractivity contribution < 1.29 is 4.39 Å². The Labute approximate surface area is 116 Å². The lowest BCUT2D eigenvalue weighted by Crippen LogP contribution is -2.08. The van der Waals surface area contributed by atoms with Crippen LogP contribution in [0.25, 0.3) is 0 Å². The Hall–Kier alpha value is -1.68. The molecule has 0 aliphatic carbocycles. The maximum absolute atomic E-state index is 13.5. The number of anilines is 1. The van der Waals surface area contributed by atoms with Crippen molar-refractivity contribution in [1.82, 2.24) is 9.97 Å². The van der Waals surface area contributed by atoms with Gasteiger partial charge in [0.15, 0.2) is 0 Å². The quantitative estimate of drug-likeness (QED) is 0.860. The zero-order valence-corrected chi connectivity index (χ0v) is 11.6. The molecule has 1 aromatic heterocycles. The summed E-state index contributed by atoms with van der Waals surface area (Å²) in [5, 5.41) is 3.55. The fraction of sp³-hybridized carbons (Fsp3) is 0.286. The van der Waals surface area contributed by atoms with Gasteiger partial charge < -0.3 is 5.32 Å². The summed E-state index contributed by atoms with van der Waals surface area (Å²) in [4.78, 5) is 8.15. The highest BCUT2D eigenvalue weighted by molar-refractivity contribution is 6.30. The second-order valence-electron chi connectivity index (χ2n) is 4.53. The Morgan fingerprint density at radius 3 is 2.68 bits per heavy atom. The second-order valence-corrected chi connectivity index (χ2v) is 4.88. The third-order valence-electron chi connectivity index (χ3n) is 2.82. The Balaban J connectivity index is 2.21. The van der Waals surface area contributed by atoms with E-state index in [2.05, 4.69) is 15.3 Å². The van der Waals surface area contributed by atoms with Crippen LogP contribution < -0.4 is 5.32 Å². The fourth-order valence-corrected chi connectivity index (χ4v) is 2.20. The molecule has 3 nitrogen and oxygen atoms in total. The van der Waals surface area contributed by atoms with E-state index in [-0.39, 0.29) is 11.7 Å². The highest BCUT2D eigenvalue weighted by Crippen LogP contribution is 2.28. The number of aromatic nitrogens is 2. The predicted molar refractivity (Wildman–Crippen MR) is 74.9 cm³/mol. The summed E-state index contributed by atoms with van der Waals surface area (Å²) in [7, 11) is 0. The monoisotopic (exact) mass is 279 g/mol. The van der Waals surface area contributed by atoms with Crippen LogP contribution in [-0.2, 0) is 6.54 Å². The van der Waals surface area contributed by atoms with Crippen LogP contribution >= 0.6 is 11.6 Å². The Kier molecular flexibility index (Phi) is 4.32. The molecule has 0 fully saturated rings. The Morgan fingerprint density at radius 1 is 1.26 bits per heavy atom. The van der Waals surface area contributed by atoms with E-state index in [4.69, 9.17) is 11.6 Å². The third kappa shape index (κ3) is 3.20. The van der Waals surface area contributed by atoms with Crippen LogP contribution in [0.3, 0.4) is 0 Å². The largest absolute Gasteiger partial charge is 0.366 e. The van der Waals surface area contributed by atoms with E-state index >= 15 is 0 Å². The van der Waals surface area contributed by atoms with Gasteiger partial charge >= 0.3 is 0 Å². The molecular formula is C14H15ClFN3. The number of nitrogens with zero attached hydrogens (tertiary/aromatic N) is 2. The lowest BCUT2D eigenvalue weighted by Gasteiger charge is -2.14. The first-order valence-electron chi connectivity index (χ1n) is 6.07. The van der Waals surface area contributed by atoms with Gasteiger partial charge in [0.25, 0.3) is 0 Å². The maximum atomic E-state index is 13.5. The van der Waals surface area contributed by atoms with Crippen molar-refractivity contribution in [2.45, 2.75) is 26.3 Å². The molecule has 2 rings (SSSR count). The van der Waals surface area contributed by atoms with Crippen molar-refractivity contribution in [3.8, 4) is 0 Å². The van der Waals surface area contributed by atoms with Crippen LogP contribution in [0.5, 0.6) is 0 Å². The van der Waals surface area contributed by atoms with Gasteiger partial charge in [0.2, 0.25) is 0 Å². The Bertz CT molecular complexity index is 572. The van der Waals surface area contributed by atoms with E-state index in [1.54, 1.807) is 18.2 Å². The normalized spacial score (nSPS) is 10.8. The zero-order chi connectivity index (χ0) is 13.8. The van der Waals surface area contributed by atoms with Crippen molar-refractivity contribution >= 4 is 17.4 Å². The minimum atomic E-state index is -0.235. The molecule has 0 amide bonds. The van der Waals surface area contributed by atoms with Crippen molar-refractivity contribution in [3.05, 3.63) is 52.7 Å². The molecule has 1 aromatic carbocycles. The topological polar surface area (TPSA) is 37.8 Å². The number of halogens is 2. The van der Waals surface area contributed by atoms with E-state index in [0.717, 1.165) is 5.56 Å². The molecule has 0 atom stereocenters. The van der Waals surface area contributed by atoms with Gasteiger partial charge in [-0.1, -0.05) is 43.6 Å². The third-order valence-corrected chi connectivity index (χ3v) is 3.12. The summed E-state index contributed by atoms with van der Waals surface area (Å²) in [6, 6.07) is 6.64. The standard InChI is InChI=1S/C14H15ClFN3/c1-9(2)12-13(15)18-8-19-14(12)17-7-10-5-3-4-6-11(10)16/h3-6,8-9H,7H2,1-2H3,(H,17,18,19). The number of hydrogen-bond acceptors (Lipinski definition) is 3. The summed E-state index contributed by atoms with van der Waals surface area (Å²) < 4.78 is 13.5. The lowest BCUT2D eigenvalue weighted by molar-refractivity contribution is 0.612. The van der Waals surface area contributed by atoms with E-state index in [0.29, 0.717) is 23.1 Å². The van der Waals surface area contributed by atoms with Gasteiger partial charge in [0.05, 0.1) is 0 Å². The van der Waals surface area contributed by atoms with Crippen molar-refractivity contribution in [3.63, 3.8) is 0 Å². The zero-order valence-electron chi connectivity index (χ0n) is 10.8. The van der Waals surface area contributed by atoms with Crippen LogP contribution in [0.2, 0.25) is 5.15 Å². The van der Waals surface area contributed by atoms with Gasteiger partial charge in [-0.05, 0) is 12.0 Å². The number of hydrogen-bond donors (Lipinski definition) is 1. The first-order valence-corrected chi connectivity index (χ1v) is 6.45. The van der Waals surface area contributed by atoms with Crippen LogP contribution in [0.15, 0.2) is 30.6 Å². The SMILES string of the molecule is CC(C)c1c(Cl)ncnc1NCc1ccccc1F. The molecular weight excluding hydrogens is 265 g/mol. The molecule has 0 spiro atoms. The summed E-state index contributed by atoms with van der Waals surface area (Å²) >= 11 is 6.07. The minimum absolute atomic E-state index is 0.192. The molecule has 0 saturated heterocycles. The van der Waals surface area contributed by atoms with Crippen LogP contribution in [-0.4, -0.2) is 9.97 Å². The highest BCUT2D eigenvalue weighted by atomic mass is 35.5. The molecule has 1 heterocycles. The minimum Gasteiger partial charge on any atom is -0.366 e. The molecule has 0 unspecified atom stereocenters. The van der Waals surface area contributed by atoms with Gasteiger partial charge in [0.1, 0.15) is 23.1 Å². The smallest absolute Gasteiger partial charge is 0.138 e. The first-order chi connectivity index (χ1) is 9.09. The van der Waals surface area contributed by atoms with E-state index in [1.807, 2.05) is 13.8 Å². The molecule has 0 saturated carbocycles. The summed E-state index contributed by atoms with van der Waals surface area (Å²) in [5.74, 6) is 0.608. The van der Waals surface area contributed by atoms with Gasteiger partial charge in [0, 0.05) is 17.7 Å². The highest BCUT2D eigenvalue weighted by Gasteiger charge is 2.13.